The van der Waals surface area contributed by atoms with E-state index < -0.39 is 0 Å². The SMILES string of the molecule is CC[C@@H](N)c1cncn1-c1cccc(C)c1C. The van der Waals surface area contributed by atoms with Gasteiger partial charge in [0, 0.05) is 11.7 Å². The smallest absolute Gasteiger partial charge is 0.0994 e. The van der Waals surface area contributed by atoms with E-state index in [2.05, 4.69) is 48.5 Å². The lowest BCUT2D eigenvalue weighted by Crippen LogP contribution is -2.14. The van der Waals surface area contributed by atoms with Crippen molar-refractivity contribution < 1.29 is 0 Å². The van der Waals surface area contributed by atoms with Crippen LogP contribution in [0.5, 0.6) is 0 Å². The Morgan fingerprint density at radius 1 is 1.35 bits per heavy atom. The third-order valence-electron chi connectivity index (χ3n) is 3.32. The van der Waals surface area contributed by atoms with Gasteiger partial charge in [0.2, 0.25) is 0 Å². The average Bonchev–Trinajstić information content (AvgIpc) is 2.80. The van der Waals surface area contributed by atoms with Crippen LogP contribution in [0, 0.1) is 13.8 Å². The Balaban J connectivity index is 2.54. The van der Waals surface area contributed by atoms with Crippen LogP contribution in [-0.4, -0.2) is 9.55 Å². The Morgan fingerprint density at radius 2 is 2.12 bits per heavy atom. The molecule has 1 aromatic carbocycles. The van der Waals surface area contributed by atoms with Crippen LogP contribution in [0.15, 0.2) is 30.7 Å². The molecule has 3 nitrogen and oxygen atoms in total. The van der Waals surface area contributed by atoms with E-state index in [1.165, 1.54) is 16.8 Å². The van der Waals surface area contributed by atoms with Gasteiger partial charge in [0.15, 0.2) is 0 Å². The maximum absolute atomic E-state index is 6.10. The van der Waals surface area contributed by atoms with Gasteiger partial charge in [-0.2, -0.15) is 0 Å². The Bertz CT molecular complexity index is 514. The largest absolute Gasteiger partial charge is 0.323 e. The second-order valence-electron chi connectivity index (χ2n) is 4.42. The molecule has 1 atom stereocenters. The van der Waals surface area contributed by atoms with Crippen molar-refractivity contribution >= 4 is 0 Å². The van der Waals surface area contributed by atoms with E-state index in [0.29, 0.717) is 0 Å². The summed E-state index contributed by atoms with van der Waals surface area (Å²) in [5.74, 6) is 0. The van der Waals surface area contributed by atoms with Crippen molar-refractivity contribution in [2.24, 2.45) is 5.73 Å². The van der Waals surface area contributed by atoms with Crippen LogP contribution in [0.3, 0.4) is 0 Å². The molecular weight excluding hydrogens is 210 g/mol. The minimum Gasteiger partial charge on any atom is -0.323 e. The summed E-state index contributed by atoms with van der Waals surface area (Å²) in [5.41, 5.74) is 10.9. The predicted octanol–water partition coefficient (Wildman–Crippen LogP) is 2.90. The van der Waals surface area contributed by atoms with Crippen molar-refractivity contribution in [3.05, 3.63) is 47.5 Å². The summed E-state index contributed by atoms with van der Waals surface area (Å²) in [6, 6.07) is 6.33. The average molecular weight is 229 g/mol. The van der Waals surface area contributed by atoms with Crippen molar-refractivity contribution in [2.45, 2.75) is 33.2 Å². The maximum atomic E-state index is 6.10. The highest BCUT2D eigenvalue weighted by atomic mass is 15.1. The molecule has 1 heterocycles. The molecule has 0 unspecified atom stereocenters. The van der Waals surface area contributed by atoms with Crippen LogP contribution in [0.25, 0.3) is 5.69 Å². The number of nitrogens with zero attached hydrogens (tertiary/aromatic N) is 2. The second-order valence-corrected chi connectivity index (χ2v) is 4.42. The molecule has 17 heavy (non-hydrogen) atoms. The van der Waals surface area contributed by atoms with E-state index >= 15 is 0 Å². The summed E-state index contributed by atoms with van der Waals surface area (Å²) < 4.78 is 2.09. The lowest BCUT2D eigenvalue weighted by Gasteiger charge is -2.15. The molecule has 2 rings (SSSR count). The highest BCUT2D eigenvalue weighted by Crippen LogP contribution is 2.22. The van der Waals surface area contributed by atoms with Crippen molar-refractivity contribution in [3.8, 4) is 5.69 Å². The van der Waals surface area contributed by atoms with E-state index in [4.69, 9.17) is 5.73 Å². The molecule has 2 aromatic rings. The summed E-state index contributed by atoms with van der Waals surface area (Å²) in [6.07, 6.45) is 4.61. The number of aromatic nitrogens is 2. The van der Waals surface area contributed by atoms with Gasteiger partial charge in [0.25, 0.3) is 0 Å². The van der Waals surface area contributed by atoms with Crippen LogP contribution >= 0.6 is 0 Å². The predicted molar refractivity (Wildman–Crippen MR) is 70.3 cm³/mol. The molecule has 0 fully saturated rings. The fraction of sp³-hybridized carbons (Fsp3) is 0.357. The lowest BCUT2D eigenvalue weighted by atomic mass is 10.1. The van der Waals surface area contributed by atoms with Crippen molar-refractivity contribution in [3.63, 3.8) is 0 Å². The number of benzene rings is 1. The first-order valence-corrected chi connectivity index (χ1v) is 5.99. The molecule has 90 valence electrons. The molecule has 0 radical (unpaired) electrons. The van der Waals surface area contributed by atoms with Crippen LogP contribution in [0.4, 0.5) is 0 Å². The third kappa shape index (κ3) is 2.11. The highest BCUT2D eigenvalue weighted by molar-refractivity contribution is 5.45. The number of hydrogen-bond acceptors (Lipinski definition) is 2. The van der Waals surface area contributed by atoms with Gasteiger partial charge >= 0.3 is 0 Å². The van der Waals surface area contributed by atoms with Crippen LogP contribution in [0.2, 0.25) is 0 Å². The first kappa shape index (κ1) is 11.9. The number of hydrogen-bond donors (Lipinski definition) is 1. The molecule has 0 saturated carbocycles. The zero-order chi connectivity index (χ0) is 12.4. The Hall–Kier alpha value is -1.61. The monoisotopic (exact) mass is 229 g/mol. The molecule has 2 N–H and O–H groups in total. The van der Waals surface area contributed by atoms with Gasteiger partial charge in [-0.1, -0.05) is 19.1 Å². The van der Waals surface area contributed by atoms with E-state index in [9.17, 15) is 0 Å². The van der Waals surface area contributed by atoms with Crippen LogP contribution < -0.4 is 5.73 Å². The Kier molecular flexibility index (Phi) is 3.29. The fourth-order valence-electron chi connectivity index (χ4n) is 1.99. The first-order valence-electron chi connectivity index (χ1n) is 5.99. The van der Waals surface area contributed by atoms with E-state index in [0.717, 1.165) is 12.1 Å². The standard InChI is InChI=1S/C14H19N3/c1-4-12(15)14-8-16-9-17(14)13-7-5-6-10(2)11(13)3/h5-9,12H,4,15H2,1-3H3/t12-/m1/s1. The van der Waals surface area contributed by atoms with Gasteiger partial charge in [-0.3, -0.25) is 0 Å². The zero-order valence-electron chi connectivity index (χ0n) is 10.6. The number of nitrogens with two attached hydrogens (primary N) is 1. The minimum absolute atomic E-state index is 0.0393. The fourth-order valence-corrected chi connectivity index (χ4v) is 1.99. The Morgan fingerprint density at radius 3 is 2.82 bits per heavy atom. The minimum atomic E-state index is 0.0393. The number of rotatable bonds is 3. The highest BCUT2D eigenvalue weighted by Gasteiger charge is 2.12. The topological polar surface area (TPSA) is 43.8 Å². The van der Waals surface area contributed by atoms with Gasteiger partial charge in [-0.25, -0.2) is 4.98 Å². The van der Waals surface area contributed by atoms with Crippen molar-refractivity contribution in [1.29, 1.82) is 0 Å². The molecule has 0 aliphatic carbocycles. The summed E-state index contributed by atoms with van der Waals surface area (Å²) in [6.45, 7) is 6.34. The molecule has 0 bridgehead atoms. The van der Waals surface area contributed by atoms with E-state index in [1.807, 2.05) is 12.5 Å². The molecule has 0 aliphatic rings. The summed E-state index contributed by atoms with van der Waals surface area (Å²) >= 11 is 0. The molecule has 0 amide bonds. The molecule has 0 spiro atoms. The zero-order valence-corrected chi connectivity index (χ0v) is 10.6. The van der Waals surface area contributed by atoms with Gasteiger partial charge < -0.3 is 10.3 Å². The van der Waals surface area contributed by atoms with Gasteiger partial charge in [-0.05, 0) is 37.5 Å². The summed E-state index contributed by atoms with van der Waals surface area (Å²) in [5, 5.41) is 0. The van der Waals surface area contributed by atoms with Gasteiger partial charge in [0.1, 0.15) is 0 Å². The maximum Gasteiger partial charge on any atom is 0.0994 e. The van der Waals surface area contributed by atoms with E-state index in [-0.39, 0.29) is 6.04 Å². The van der Waals surface area contributed by atoms with Crippen molar-refractivity contribution in [1.82, 2.24) is 9.55 Å². The molecule has 1 aromatic heterocycles. The van der Waals surface area contributed by atoms with Gasteiger partial charge in [-0.15, -0.1) is 0 Å². The first-order chi connectivity index (χ1) is 8.15. The van der Waals surface area contributed by atoms with E-state index in [1.54, 1.807) is 0 Å². The third-order valence-corrected chi connectivity index (χ3v) is 3.32. The summed E-state index contributed by atoms with van der Waals surface area (Å²) in [7, 11) is 0. The molecule has 0 saturated heterocycles. The molecular formula is C14H19N3. The quantitative estimate of drug-likeness (QED) is 0.879. The molecule has 0 aliphatic heterocycles. The lowest BCUT2D eigenvalue weighted by molar-refractivity contribution is 0.659. The normalized spacial score (nSPS) is 12.7. The second kappa shape index (κ2) is 4.72. The number of imidazole rings is 1. The summed E-state index contributed by atoms with van der Waals surface area (Å²) in [4.78, 5) is 4.22. The number of aryl methyl sites for hydroxylation is 1. The Labute approximate surface area is 102 Å². The van der Waals surface area contributed by atoms with Gasteiger partial charge in [0.05, 0.1) is 18.2 Å². The van der Waals surface area contributed by atoms with Crippen molar-refractivity contribution in [2.75, 3.05) is 0 Å². The molecule has 3 heteroatoms. The van der Waals surface area contributed by atoms with Crippen LogP contribution in [-0.2, 0) is 0 Å². The van der Waals surface area contributed by atoms with Crippen LogP contribution in [0.1, 0.15) is 36.2 Å².